The van der Waals surface area contributed by atoms with Crippen molar-refractivity contribution in [3.8, 4) is 5.75 Å². The van der Waals surface area contributed by atoms with Crippen LogP contribution in [0.3, 0.4) is 0 Å². The number of aryl methyl sites for hydroxylation is 1. The fourth-order valence-electron chi connectivity index (χ4n) is 6.66. The molecule has 0 aromatic heterocycles. The molecule has 0 N–H and O–H groups in total. The van der Waals surface area contributed by atoms with E-state index in [0.29, 0.717) is 17.1 Å². The number of para-hydroxylation sites is 1. The molecular weight excluding hydrogens is 648 g/mol. The van der Waals surface area contributed by atoms with E-state index < -0.39 is 0 Å². The van der Waals surface area contributed by atoms with Gasteiger partial charge in [-0.1, -0.05) is 48.5 Å². The van der Waals surface area contributed by atoms with Crippen LogP contribution in [0.4, 0.5) is 34.1 Å². The number of hydrogen-bond acceptors (Lipinski definition) is 11. The third-order valence-corrected chi connectivity index (χ3v) is 9.73. The molecule has 0 spiro atoms. The number of hydrogen-bond donors (Lipinski definition) is 0. The average molecular weight is 695 g/mol. The lowest BCUT2D eigenvalue weighted by molar-refractivity contribution is -0.384. The molecule has 0 aliphatic carbocycles. The minimum Gasteiger partial charge on any atom is -0.491 e. The highest BCUT2D eigenvalue weighted by Crippen LogP contribution is 2.40. The molecule has 0 radical (unpaired) electrons. The van der Waals surface area contributed by atoms with Crippen molar-refractivity contribution in [3.63, 3.8) is 0 Å². The van der Waals surface area contributed by atoms with E-state index in [9.17, 15) is 20.2 Å². The minimum atomic E-state index is -0.381. The van der Waals surface area contributed by atoms with Crippen LogP contribution in [0.5, 0.6) is 5.75 Å². The van der Waals surface area contributed by atoms with Gasteiger partial charge < -0.3 is 24.3 Å². The van der Waals surface area contributed by atoms with Gasteiger partial charge in [0, 0.05) is 75.9 Å². The quantitative estimate of drug-likeness (QED) is 0.125. The van der Waals surface area contributed by atoms with E-state index in [-0.39, 0.29) is 40.9 Å². The second-order valence-electron chi connectivity index (χ2n) is 13.2. The molecule has 51 heavy (non-hydrogen) atoms. The second-order valence-corrected chi connectivity index (χ2v) is 13.2. The number of piperazine rings is 2. The summed E-state index contributed by atoms with van der Waals surface area (Å²) < 4.78 is 6.29. The molecular formula is C38H46N8O5. The average Bonchev–Trinajstić information content (AvgIpc) is 3.14. The zero-order valence-electron chi connectivity index (χ0n) is 29.6. The number of hydrazine groups is 1. The van der Waals surface area contributed by atoms with Crippen LogP contribution in [0.1, 0.15) is 11.1 Å². The number of ether oxygens (including phenoxy) is 1. The monoisotopic (exact) mass is 694 g/mol. The molecule has 6 rings (SSSR count). The lowest BCUT2D eigenvalue weighted by Gasteiger charge is -2.39. The Morgan fingerprint density at radius 3 is 1.65 bits per heavy atom. The van der Waals surface area contributed by atoms with Gasteiger partial charge in [-0.2, -0.15) is 0 Å². The van der Waals surface area contributed by atoms with Crippen LogP contribution in [-0.4, -0.2) is 99.3 Å². The van der Waals surface area contributed by atoms with Gasteiger partial charge in [0.25, 0.3) is 11.4 Å². The first-order valence-electron chi connectivity index (χ1n) is 17.4. The molecule has 2 heterocycles. The van der Waals surface area contributed by atoms with Crippen molar-refractivity contribution in [2.45, 2.75) is 13.5 Å². The molecule has 0 saturated carbocycles. The van der Waals surface area contributed by atoms with E-state index in [2.05, 4.69) is 33.7 Å². The summed E-state index contributed by atoms with van der Waals surface area (Å²) in [7, 11) is 4.17. The molecule has 2 fully saturated rings. The Bertz CT molecular complexity index is 1810. The molecule has 0 atom stereocenters. The van der Waals surface area contributed by atoms with Crippen LogP contribution >= 0.6 is 0 Å². The summed E-state index contributed by atoms with van der Waals surface area (Å²) in [6, 6.07) is 27.8. The number of rotatable bonds is 13. The Hall–Kier alpha value is -5.40. The van der Waals surface area contributed by atoms with Crippen molar-refractivity contribution >= 4 is 34.1 Å². The van der Waals surface area contributed by atoms with Crippen molar-refractivity contribution in [1.29, 1.82) is 0 Å². The van der Waals surface area contributed by atoms with Crippen molar-refractivity contribution in [3.05, 3.63) is 122 Å². The molecule has 4 aromatic rings. The highest BCUT2D eigenvalue weighted by atomic mass is 16.6. The Morgan fingerprint density at radius 2 is 1.14 bits per heavy atom. The summed E-state index contributed by atoms with van der Waals surface area (Å²) in [4.78, 5) is 33.7. The minimum absolute atomic E-state index is 0.0912. The maximum atomic E-state index is 12.8. The van der Waals surface area contributed by atoms with Crippen LogP contribution < -0.4 is 24.6 Å². The van der Waals surface area contributed by atoms with Gasteiger partial charge in [-0.05, 0) is 62.5 Å². The fraction of sp³-hybridized carbons (Fsp3) is 0.368. The number of nitro groups is 2. The third kappa shape index (κ3) is 8.50. The van der Waals surface area contributed by atoms with Crippen molar-refractivity contribution in [2.24, 2.45) is 0 Å². The number of nitro benzene ring substituents is 2. The third-order valence-electron chi connectivity index (χ3n) is 9.73. The van der Waals surface area contributed by atoms with Gasteiger partial charge in [-0.25, -0.2) is 0 Å². The zero-order valence-corrected chi connectivity index (χ0v) is 29.6. The van der Waals surface area contributed by atoms with Gasteiger partial charge >= 0.3 is 0 Å². The van der Waals surface area contributed by atoms with E-state index in [1.807, 2.05) is 78.7 Å². The first-order valence-corrected chi connectivity index (χ1v) is 17.4. The summed E-state index contributed by atoms with van der Waals surface area (Å²) >= 11 is 0. The Morgan fingerprint density at radius 1 is 0.647 bits per heavy atom. The molecule has 2 saturated heterocycles. The summed E-state index contributed by atoms with van der Waals surface area (Å²) in [5.41, 5.74) is 4.05. The lowest BCUT2D eigenvalue weighted by atomic mass is 10.1. The summed E-state index contributed by atoms with van der Waals surface area (Å²) in [5, 5.41) is 29.2. The van der Waals surface area contributed by atoms with Crippen LogP contribution in [0.15, 0.2) is 91.0 Å². The zero-order chi connectivity index (χ0) is 35.9. The first kappa shape index (κ1) is 35.4. The van der Waals surface area contributed by atoms with Crippen LogP contribution in [0.25, 0.3) is 0 Å². The largest absolute Gasteiger partial charge is 0.491 e. The van der Waals surface area contributed by atoms with Gasteiger partial charge in [0.15, 0.2) is 0 Å². The number of anilines is 4. The number of nitrogens with zero attached hydrogens (tertiary/aromatic N) is 8. The molecule has 2 aliphatic rings. The summed E-state index contributed by atoms with van der Waals surface area (Å²) in [5.74, 6) is 0.704. The maximum Gasteiger partial charge on any atom is 0.294 e. The van der Waals surface area contributed by atoms with Gasteiger partial charge in [-0.3, -0.25) is 30.2 Å². The molecule has 4 aromatic carbocycles. The van der Waals surface area contributed by atoms with Crippen LogP contribution in [0.2, 0.25) is 0 Å². The van der Waals surface area contributed by atoms with E-state index in [1.54, 1.807) is 29.3 Å². The summed E-state index contributed by atoms with van der Waals surface area (Å²) in [6.45, 7) is 9.09. The molecule has 2 aliphatic heterocycles. The lowest BCUT2D eigenvalue weighted by Crippen LogP contribution is -2.47. The molecule has 13 heteroatoms. The summed E-state index contributed by atoms with van der Waals surface area (Å²) in [6.07, 6.45) is 0. The highest BCUT2D eigenvalue weighted by molar-refractivity contribution is 5.77. The predicted octanol–water partition coefficient (Wildman–Crippen LogP) is 5.82. The van der Waals surface area contributed by atoms with Crippen LogP contribution in [-0.2, 0) is 6.54 Å². The topological polar surface area (TPSA) is 115 Å². The standard InChI is InChI=1S/C38H46N8O5/c1-30-9-7-8-12-38(30)51-26-25-43(36-27-32(13-15-34(36)45(47)48)41-21-17-39(2)18-22-41)44(29-31-10-5-4-6-11-31)37-28-33(14-16-35(37)46(49)50)42-23-19-40(3)20-24-42/h4-16,27-28H,17-26,29H2,1-3H3. The van der Waals surface area contributed by atoms with E-state index in [1.165, 1.54) is 0 Å². The van der Waals surface area contributed by atoms with Crippen molar-refractivity contribution < 1.29 is 14.6 Å². The van der Waals surface area contributed by atoms with E-state index in [4.69, 9.17) is 4.74 Å². The first-order chi connectivity index (χ1) is 24.7. The predicted molar refractivity (Wildman–Crippen MR) is 202 cm³/mol. The Balaban J connectivity index is 1.50. The number of benzene rings is 4. The molecule has 0 unspecified atom stereocenters. The van der Waals surface area contributed by atoms with Gasteiger partial charge in [0.05, 0.1) is 22.9 Å². The maximum absolute atomic E-state index is 12.8. The van der Waals surface area contributed by atoms with Gasteiger partial charge in [-0.15, -0.1) is 0 Å². The van der Waals surface area contributed by atoms with E-state index in [0.717, 1.165) is 74.9 Å². The molecule has 13 nitrogen and oxygen atoms in total. The molecule has 268 valence electrons. The van der Waals surface area contributed by atoms with Crippen LogP contribution in [0, 0.1) is 27.2 Å². The highest BCUT2D eigenvalue weighted by Gasteiger charge is 2.32. The van der Waals surface area contributed by atoms with Crippen molar-refractivity contribution in [1.82, 2.24) is 9.80 Å². The smallest absolute Gasteiger partial charge is 0.294 e. The van der Waals surface area contributed by atoms with Gasteiger partial charge in [0.1, 0.15) is 23.7 Å². The Kier molecular flexibility index (Phi) is 11.2. The van der Waals surface area contributed by atoms with Crippen molar-refractivity contribution in [2.75, 3.05) is 99.4 Å². The normalized spacial score (nSPS) is 15.4. The van der Waals surface area contributed by atoms with Gasteiger partial charge in [0.2, 0.25) is 0 Å². The molecule has 0 bridgehead atoms. The van der Waals surface area contributed by atoms with E-state index >= 15 is 0 Å². The molecule has 0 amide bonds. The number of likely N-dealkylation sites (N-methyl/N-ethyl adjacent to an activating group) is 2. The fourth-order valence-corrected chi connectivity index (χ4v) is 6.66. The SMILES string of the molecule is Cc1ccccc1OCCN(c1cc(N2CCN(C)CC2)ccc1[N+](=O)[O-])N(Cc1ccccc1)c1cc(N2CCN(C)CC2)ccc1[N+](=O)[O-]. The Labute approximate surface area is 299 Å². The second kappa shape index (κ2) is 16.1.